The minimum Gasteiger partial charge on any atom is -0.481 e. The molecule has 2 aromatic carbocycles. The number of hydrogen-bond acceptors (Lipinski definition) is 2. The summed E-state index contributed by atoms with van der Waals surface area (Å²) in [6.07, 6.45) is 3.22. The maximum Gasteiger partial charge on any atom is 0.304 e. The van der Waals surface area contributed by atoms with Gasteiger partial charge in [0.25, 0.3) is 0 Å². The first kappa shape index (κ1) is 19.2. The molecule has 3 nitrogen and oxygen atoms in total. The van der Waals surface area contributed by atoms with E-state index in [-0.39, 0.29) is 18.5 Å². The smallest absolute Gasteiger partial charge is 0.304 e. The summed E-state index contributed by atoms with van der Waals surface area (Å²) < 4.78 is 0. The Morgan fingerprint density at radius 3 is 2.20 bits per heavy atom. The van der Waals surface area contributed by atoms with Crippen LogP contribution in [0.3, 0.4) is 0 Å². The lowest BCUT2D eigenvalue weighted by molar-refractivity contribution is -0.138. The van der Waals surface area contributed by atoms with Crippen LogP contribution in [0.4, 0.5) is 0 Å². The molecule has 0 spiro atoms. The number of unbranched alkanes of at least 4 members (excludes halogenated alkanes) is 1. The fourth-order valence-electron chi connectivity index (χ4n) is 3.33. The van der Waals surface area contributed by atoms with Crippen LogP contribution in [0.15, 0.2) is 60.7 Å². The molecule has 0 aliphatic carbocycles. The minimum atomic E-state index is -0.723. The number of carboxylic acid groups (broad SMARTS) is 1. The van der Waals surface area contributed by atoms with Gasteiger partial charge in [-0.3, -0.25) is 9.69 Å². The molecular formula is C22H29NO2. The third-order valence-electron chi connectivity index (χ3n) is 4.76. The lowest BCUT2D eigenvalue weighted by Gasteiger charge is -2.36. The van der Waals surface area contributed by atoms with Crippen LogP contribution in [0.25, 0.3) is 0 Å². The van der Waals surface area contributed by atoms with Gasteiger partial charge in [0.05, 0.1) is 6.42 Å². The van der Waals surface area contributed by atoms with Gasteiger partial charge in [-0.05, 0) is 24.5 Å². The van der Waals surface area contributed by atoms with Gasteiger partial charge in [-0.1, -0.05) is 80.4 Å². The molecule has 0 radical (unpaired) electrons. The summed E-state index contributed by atoms with van der Waals surface area (Å²) in [5, 5.41) is 9.42. The molecule has 134 valence electrons. The predicted octanol–water partition coefficient (Wildman–Crippen LogP) is 5.28. The van der Waals surface area contributed by atoms with Gasteiger partial charge < -0.3 is 5.11 Å². The number of aliphatic carboxylic acids is 1. The van der Waals surface area contributed by atoms with Crippen LogP contribution >= 0.6 is 0 Å². The standard InChI is InChI=1S/C22H29NO2/c1-3-4-15-21(16-22(24)25)23(17-19-11-7-5-8-12-19)18(2)20-13-9-6-10-14-20/h5-14,18,21H,3-4,15-17H2,1-2H3,(H,24,25)/t18-,21?/m0/s1. The van der Waals surface area contributed by atoms with Crippen LogP contribution in [0, 0.1) is 0 Å². The van der Waals surface area contributed by atoms with Crippen molar-refractivity contribution >= 4 is 5.97 Å². The van der Waals surface area contributed by atoms with Gasteiger partial charge in [-0.25, -0.2) is 0 Å². The first-order valence-electron chi connectivity index (χ1n) is 9.18. The van der Waals surface area contributed by atoms with E-state index in [2.05, 4.69) is 43.0 Å². The number of benzene rings is 2. The summed E-state index contributed by atoms with van der Waals surface area (Å²) in [6, 6.07) is 20.9. The van der Waals surface area contributed by atoms with Crippen molar-refractivity contribution in [2.24, 2.45) is 0 Å². The van der Waals surface area contributed by atoms with Crippen molar-refractivity contribution in [2.75, 3.05) is 0 Å². The summed E-state index contributed by atoms with van der Waals surface area (Å²) >= 11 is 0. The molecule has 1 unspecified atom stereocenters. The van der Waals surface area contributed by atoms with Gasteiger partial charge in [0.2, 0.25) is 0 Å². The highest BCUT2D eigenvalue weighted by Crippen LogP contribution is 2.28. The molecule has 0 bridgehead atoms. The van der Waals surface area contributed by atoms with Gasteiger partial charge in [-0.15, -0.1) is 0 Å². The summed E-state index contributed by atoms with van der Waals surface area (Å²) in [5.74, 6) is -0.723. The summed E-state index contributed by atoms with van der Waals surface area (Å²) in [6.45, 7) is 5.09. The van der Waals surface area contributed by atoms with Crippen molar-refractivity contribution in [2.45, 2.75) is 58.2 Å². The lowest BCUT2D eigenvalue weighted by Crippen LogP contribution is -2.38. The van der Waals surface area contributed by atoms with Gasteiger partial charge in [0.1, 0.15) is 0 Å². The zero-order chi connectivity index (χ0) is 18.1. The number of nitrogens with zero attached hydrogens (tertiary/aromatic N) is 1. The predicted molar refractivity (Wildman–Crippen MR) is 102 cm³/mol. The monoisotopic (exact) mass is 339 g/mol. The van der Waals surface area contributed by atoms with E-state index in [0.717, 1.165) is 25.8 Å². The third-order valence-corrected chi connectivity index (χ3v) is 4.76. The Labute approximate surface area is 151 Å². The molecule has 0 amide bonds. The minimum absolute atomic E-state index is 0.0351. The van der Waals surface area contributed by atoms with Crippen molar-refractivity contribution in [1.82, 2.24) is 4.90 Å². The average Bonchev–Trinajstić information content (AvgIpc) is 2.64. The van der Waals surface area contributed by atoms with E-state index in [1.54, 1.807) is 0 Å². The molecule has 2 rings (SSSR count). The normalized spacial score (nSPS) is 13.6. The molecule has 0 aromatic heterocycles. The van der Waals surface area contributed by atoms with Crippen molar-refractivity contribution in [3.8, 4) is 0 Å². The molecular weight excluding hydrogens is 310 g/mol. The summed E-state index contributed by atoms with van der Waals surface area (Å²) in [7, 11) is 0. The SMILES string of the molecule is CCCCC(CC(=O)O)N(Cc1ccccc1)[C@@H](C)c1ccccc1. The molecule has 0 saturated carbocycles. The van der Waals surface area contributed by atoms with Crippen molar-refractivity contribution in [3.05, 3.63) is 71.8 Å². The van der Waals surface area contributed by atoms with Gasteiger partial charge in [0, 0.05) is 18.6 Å². The largest absolute Gasteiger partial charge is 0.481 e. The van der Waals surface area contributed by atoms with E-state index >= 15 is 0 Å². The van der Waals surface area contributed by atoms with E-state index in [1.807, 2.05) is 36.4 Å². The lowest BCUT2D eigenvalue weighted by atomic mass is 9.98. The second-order valence-electron chi connectivity index (χ2n) is 6.64. The Morgan fingerprint density at radius 2 is 1.64 bits per heavy atom. The Bertz CT molecular complexity index is 627. The Morgan fingerprint density at radius 1 is 1.04 bits per heavy atom. The van der Waals surface area contributed by atoms with Gasteiger partial charge in [-0.2, -0.15) is 0 Å². The van der Waals surface area contributed by atoms with Gasteiger partial charge in [0.15, 0.2) is 0 Å². The zero-order valence-corrected chi connectivity index (χ0v) is 15.3. The molecule has 0 saturated heterocycles. The fraction of sp³-hybridized carbons (Fsp3) is 0.409. The van der Waals surface area contributed by atoms with E-state index in [1.165, 1.54) is 11.1 Å². The fourth-order valence-corrected chi connectivity index (χ4v) is 3.33. The molecule has 25 heavy (non-hydrogen) atoms. The maximum absolute atomic E-state index is 11.5. The Balaban J connectivity index is 2.29. The number of hydrogen-bond donors (Lipinski definition) is 1. The van der Waals surface area contributed by atoms with Crippen LogP contribution in [-0.4, -0.2) is 22.0 Å². The van der Waals surface area contributed by atoms with E-state index < -0.39 is 5.97 Å². The van der Waals surface area contributed by atoms with Crippen molar-refractivity contribution in [3.63, 3.8) is 0 Å². The molecule has 1 N–H and O–H groups in total. The maximum atomic E-state index is 11.5. The molecule has 2 atom stereocenters. The third kappa shape index (κ3) is 6.02. The first-order chi connectivity index (χ1) is 12.1. The van der Waals surface area contributed by atoms with Crippen molar-refractivity contribution < 1.29 is 9.90 Å². The van der Waals surface area contributed by atoms with E-state index in [0.29, 0.717) is 0 Å². The first-order valence-corrected chi connectivity index (χ1v) is 9.18. The molecule has 0 heterocycles. The summed E-state index contributed by atoms with van der Waals surface area (Å²) in [5.41, 5.74) is 2.45. The van der Waals surface area contributed by atoms with E-state index in [4.69, 9.17) is 0 Å². The molecule has 3 heteroatoms. The molecule has 0 aliphatic rings. The average molecular weight is 339 g/mol. The Kier molecular flexibility index (Phi) is 7.68. The van der Waals surface area contributed by atoms with Crippen LogP contribution < -0.4 is 0 Å². The summed E-state index contributed by atoms with van der Waals surface area (Å²) in [4.78, 5) is 13.8. The highest BCUT2D eigenvalue weighted by Gasteiger charge is 2.26. The highest BCUT2D eigenvalue weighted by molar-refractivity contribution is 5.67. The number of carbonyl (C=O) groups is 1. The topological polar surface area (TPSA) is 40.5 Å². The highest BCUT2D eigenvalue weighted by atomic mass is 16.4. The quantitative estimate of drug-likeness (QED) is 0.640. The Hall–Kier alpha value is -2.13. The van der Waals surface area contributed by atoms with Crippen LogP contribution in [0.1, 0.15) is 56.7 Å². The van der Waals surface area contributed by atoms with E-state index in [9.17, 15) is 9.90 Å². The van der Waals surface area contributed by atoms with Crippen LogP contribution in [-0.2, 0) is 11.3 Å². The number of rotatable bonds is 10. The molecule has 2 aromatic rings. The van der Waals surface area contributed by atoms with Gasteiger partial charge >= 0.3 is 5.97 Å². The van der Waals surface area contributed by atoms with Crippen molar-refractivity contribution in [1.29, 1.82) is 0 Å². The second-order valence-corrected chi connectivity index (χ2v) is 6.64. The zero-order valence-electron chi connectivity index (χ0n) is 15.3. The molecule has 0 aliphatic heterocycles. The number of carboxylic acids is 1. The van der Waals surface area contributed by atoms with Crippen LogP contribution in [0.2, 0.25) is 0 Å². The van der Waals surface area contributed by atoms with Crippen LogP contribution in [0.5, 0.6) is 0 Å². The molecule has 0 fully saturated rings. The second kappa shape index (κ2) is 10.00.